The van der Waals surface area contributed by atoms with Gasteiger partial charge in [-0.1, -0.05) is 0 Å². The second-order valence-corrected chi connectivity index (χ2v) is 9.66. The number of rotatable bonds is 8. The van der Waals surface area contributed by atoms with E-state index < -0.39 is 32.2 Å². The van der Waals surface area contributed by atoms with Crippen LogP contribution in [0.25, 0.3) is 16.8 Å². The number of carbonyl (C=O) groups excluding carboxylic acids is 1. The van der Waals surface area contributed by atoms with E-state index in [0.29, 0.717) is 23.2 Å². The molecule has 4 heterocycles. The second kappa shape index (κ2) is 8.54. The summed E-state index contributed by atoms with van der Waals surface area (Å²) in [6, 6.07) is 0. The molecule has 0 unspecified atom stereocenters. The van der Waals surface area contributed by atoms with Crippen molar-refractivity contribution in [3.63, 3.8) is 0 Å². The fraction of sp³-hybridized carbons (Fsp3) is 0.500. The monoisotopic (exact) mass is 439 g/mol. The van der Waals surface area contributed by atoms with Crippen LogP contribution in [-0.4, -0.2) is 75.3 Å². The topological polar surface area (TPSA) is 131 Å². The molecule has 0 amide bonds. The van der Waals surface area contributed by atoms with Gasteiger partial charge < -0.3 is 0 Å². The van der Waals surface area contributed by atoms with Gasteiger partial charge in [-0.25, -0.2) is 0 Å². The van der Waals surface area contributed by atoms with E-state index >= 15 is 0 Å². The van der Waals surface area contributed by atoms with Crippen LogP contribution in [0, 0.1) is 0 Å². The number of carbonyl (C=O) groups is 1. The molecular weight excluding hydrogens is 416 g/mol. The van der Waals surface area contributed by atoms with E-state index in [1.165, 1.54) is 14.0 Å². The zero-order chi connectivity index (χ0) is 21.3. The fourth-order valence-corrected chi connectivity index (χ4v) is 4.32. The third-order valence-corrected chi connectivity index (χ3v) is 6.95. The second-order valence-electron chi connectivity index (χ2n) is 6.95. The maximum atomic E-state index is 10.9. The zero-order valence-electron chi connectivity index (χ0n) is 16.8. The molecule has 3 atom stereocenters. The number of aromatic nitrogens is 5. The van der Waals surface area contributed by atoms with Crippen molar-refractivity contribution in [3.8, 4) is 0 Å². The molecule has 1 fully saturated rings. The molecule has 0 bridgehead atoms. The number of aliphatic hydroxyl groups is 1. The summed E-state index contributed by atoms with van der Waals surface area (Å²) in [4.78, 5) is 24.0. The fourth-order valence-electron chi connectivity index (χ4n) is 3.24. The molecule has 3 aromatic heterocycles. The summed E-state index contributed by atoms with van der Waals surface area (Å²) in [5.74, 6) is -0.457. The van der Waals surface area contributed by atoms with Gasteiger partial charge in [-0.3, -0.25) is 0 Å². The zero-order valence-corrected chi connectivity index (χ0v) is 17.8. The number of nitrogens with zero attached hydrogens (tertiary/aromatic N) is 5. The SMILES string of the molecule is B[PH](OC)(OCOC(C)=O)OC[C@@H]1C[C@H](O)[C@H](n2cnc3c2ncn2ccnc32)O1. The van der Waals surface area contributed by atoms with E-state index in [1.807, 2.05) is 0 Å². The molecule has 0 radical (unpaired) electrons. The first-order valence-electron chi connectivity index (χ1n) is 9.34. The van der Waals surface area contributed by atoms with Crippen LogP contribution in [0.1, 0.15) is 19.6 Å². The van der Waals surface area contributed by atoms with Gasteiger partial charge in [0.05, 0.1) is 0 Å². The van der Waals surface area contributed by atoms with Crippen molar-refractivity contribution in [1.82, 2.24) is 23.9 Å². The Balaban J connectivity index is 1.42. The molecule has 162 valence electrons. The maximum absolute atomic E-state index is 10.9. The van der Waals surface area contributed by atoms with Crippen LogP contribution >= 0.6 is 7.82 Å². The first-order chi connectivity index (χ1) is 14.4. The van der Waals surface area contributed by atoms with E-state index in [2.05, 4.69) is 15.0 Å². The van der Waals surface area contributed by atoms with Crippen molar-refractivity contribution in [1.29, 1.82) is 0 Å². The number of hydrogen-bond acceptors (Lipinski definition) is 10. The number of esters is 1. The minimum atomic E-state index is -3.02. The Morgan fingerprint density at radius 3 is 2.93 bits per heavy atom. The quantitative estimate of drug-likeness (QED) is 0.221. The Morgan fingerprint density at radius 1 is 1.33 bits per heavy atom. The molecule has 1 aliphatic heterocycles. The molecule has 1 N–H and O–H groups in total. The van der Waals surface area contributed by atoms with Gasteiger partial charge in [-0.05, 0) is 0 Å². The molecule has 1 saturated heterocycles. The normalized spacial score (nSPS) is 22.7. The molecule has 3 aromatic rings. The van der Waals surface area contributed by atoms with Crippen molar-refractivity contribution < 1.29 is 32.9 Å². The number of fused-ring (bicyclic) bond motifs is 3. The Labute approximate surface area is 173 Å². The Bertz CT molecular complexity index is 1050. The minimum absolute atomic E-state index is 0.148. The molecule has 30 heavy (non-hydrogen) atoms. The Hall–Kier alpha value is -2.15. The number of hydrogen-bond donors (Lipinski definition) is 1. The van der Waals surface area contributed by atoms with Crippen LogP contribution in [0.5, 0.6) is 0 Å². The van der Waals surface area contributed by atoms with Crippen LogP contribution in [-0.2, 0) is 27.8 Å². The van der Waals surface area contributed by atoms with Gasteiger partial charge in [-0.15, -0.1) is 0 Å². The molecule has 0 saturated carbocycles. The third kappa shape index (κ3) is 4.17. The van der Waals surface area contributed by atoms with Gasteiger partial charge in [0.25, 0.3) is 0 Å². The molecule has 0 aliphatic carbocycles. The van der Waals surface area contributed by atoms with Crippen molar-refractivity contribution in [2.45, 2.75) is 31.8 Å². The summed E-state index contributed by atoms with van der Waals surface area (Å²) in [7, 11) is 0.132. The molecule has 12 nitrogen and oxygen atoms in total. The summed E-state index contributed by atoms with van der Waals surface area (Å²) >= 11 is 0. The van der Waals surface area contributed by atoms with Gasteiger partial charge >= 0.3 is 172 Å². The van der Waals surface area contributed by atoms with E-state index in [9.17, 15) is 9.90 Å². The molecule has 0 aromatic carbocycles. The van der Waals surface area contributed by atoms with Gasteiger partial charge in [0, 0.05) is 0 Å². The van der Waals surface area contributed by atoms with Gasteiger partial charge in [0.2, 0.25) is 0 Å². The third-order valence-electron chi connectivity index (χ3n) is 4.88. The average molecular weight is 439 g/mol. The van der Waals surface area contributed by atoms with E-state index in [1.54, 1.807) is 41.6 Å². The van der Waals surface area contributed by atoms with Crippen LogP contribution < -0.4 is 0 Å². The van der Waals surface area contributed by atoms with Crippen LogP contribution in [0.4, 0.5) is 0 Å². The van der Waals surface area contributed by atoms with E-state index in [4.69, 9.17) is 23.0 Å². The van der Waals surface area contributed by atoms with Crippen molar-refractivity contribution in [2.75, 3.05) is 20.5 Å². The van der Waals surface area contributed by atoms with Gasteiger partial charge in [-0.2, -0.15) is 0 Å². The molecule has 14 heteroatoms. The summed E-state index contributed by atoms with van der Waals surface area (Å²) < 4.78 is 30.9. The van der Waals surface area contributed by atoms with Gasteiger partial charge in [0.1, 0.15) is 0 Å². The summed E-state index contributed by atoms with van der Waals surface area (Å²) in [6.07, 6.45) is 5.21. The predicted octanol–water partition coefficient (Wildman–Crippen LogP) is -0.0294. The number of imidazole rings is 2. The summed E-state index contributed by atoms with van der Waals surface area (Å²) in [6.45, 7) is 1.18. The summed E-state index contributed by atoms with van der Waals surface area (Å²) in [5, 5.41) is 10.6. The average Bonchev–Trinajstić information content (AvgIpc) is 3.43. The van der Waals surface area contributed by atoms with Crippen LogP contribution in [0.3, 0.4) is 0 Å². The first kappa shape index (κ1) is 21.1. The Kier molecular flexibility index (Phi) is 6.01. The van der Waals surface area contributed by atoms with E-state index in [0.717, 1.165) is 0 Å². The van der Waals surface area contributed by atoms with Crippen molar-refractivity contribution in [3.05, 3.63) is 25.0 Å². The van der Waals surface area contributed by atoms with E-state index in [-0.39, 0.29) is 13.4 Å². The van der Waals surface area contributed by atoms with Crippen molar-refractivity contribution >= 4 is 38.2 Å². The number of ether oxygens (including phenoxy) is 2. The molecular formula is C16H23BN5O7P. The van der Waals surface area contributed by atoms with Crippen LogP contribution in [0.15, 0.2) is 25.0 Å². The van der Waals surface area contributed by atoms with Crippen molar-refractivity contribution in [2.24, 2.45) is 0 Å². The number of aliphatic hydroxyl groups excluding tert-OH is 1. The van der Waals surface area contributed by atoms with Gasteiger partial charge in [0.15, 0.2) is 0 Å². The van der Waals surface area contributed by atoms with Crippen LogP contribution in [0.2, 0.25) is 0 Å². The standard InChI is InChI=1S/C16H23BN5O7P/c1-10(23)26-9-28-30(17,25-2)27-6-11-5-12(24)16(29-11)22-8-19-13-14-18-3-4-21(14)7-20-15(13)22/h3-4,7-8,11-12,16,24,30H,5-6,9,17H2,1-2H3/t11-,12-,16+/m0/s1. The Morgan fingerprint density at radius 2 is 2.17 bits per heavy atom. The molecule has 4 rings (SSSR count). The summed E-state index contributed by atoms with van der Waals surface area (Å²) in [5.41, 5.74) is 1.87. The first-order valence-corrected chi connectivity index (χ1v) is 11.6. The predicted molar refractivity (Wildman–Crippen MR) is 108 cm³/mol. The molecule has 1 aliphatic rings. The molecule has 0 spiro atoms.